The number of anilines is 1. The van der Waals surface area contributed by atoms with Gasteiger partial charge in [-0.25, -0.2) is 4.79 Å². The Balaban J connectivity index is 1.86. The Labute approximate surface area is 210 Å². The van der Waals surface area contributed by atoms with Gasteiger partial charge in [0.2, 0.25) is 0 Å². The van der Waals surface area contributed by atoms with Crippen LogP contribution in [0.4, 0.5) is 10.5 Å². The summed E-state index contributed by atoms with van der Waals surface area (Å²) >= 11 is 0. The number of methoxy groups -OCH3 is 1. The van der Waals surface area contributed by atoms with Crippen LogP contribution in [0.3, 0.4) is 0 Å². The van der Waals surface area contributed by atoms with E-state index in [9.17, 15) is 4.79 Å². The van der Waals surface area contributed by atoms with Crippen LogP contribution in [0.5, 0.6) is 11.5 Å². The summed E-state index contributed by atoms with van der Waals surface area (Å²) in [6.07, 6.45) is -0.107. The molecule has 1 unspecified atom stereocenters. The van der Waals surface area contributed by atoms with Crippen molar-refractivity contribution >= 4 is 11.7 Å². The fourth-order valence-corrected chi connectivity index (χ4v) is 4.95. The maximum Gasteiger partial charge on any atom is 0.321 e. The molecule has 1 aliphatic rings. The zero-order valence-electron chi connectivity index (χ0n) is 22.6. The average molecular weight is 483 g/mol. The number of nitrogens with zero attached hydrogens (tertiary/aromatic N) is 2. The molecule has 0 spiro atoms. The van der Waals surface area contributed by atoms with Crippen molar-refractivity contribution in [2.45, 2.75) is 66.8 Å². The molecule has 1 fully saturated rings. The summed E-state index contributed by atoms with van der Waals surface area (Å²) in [5.41, 5.74) is 5.18. The van der Waals surface area contributed by atoms with Gasteiger partial charge in [0.05, 0.1) is 7.11 Å². The molecule has 2 aromatic rings. The summed E-state index contributed by atoms with van der Waals surface area (Å²) in [4.78, 5) is 16.9. The molecule has 0 bridgehead atoms. The molecule has 0 radical (unpaired) electrons. The van der Waals surface area contributed by atoms with Crippen LogP contribution in [0.25, 0.3) is 11.1 Å². The molecule has 1 saturated heterocycles. The van der Waals surface area contributed by atoms with Crippen molar-refractivity contribution in [1.29, 1.82) is 0 Å². The standard InChI is InChI=1S/C28H42N4O3/c1-18(2)32(19(3)4)22(7)35-27-17-23(9-12-26(27)34-8)24-10-11-25(21(6)20(24)5)30-28(33)31-15-13-29-14-16-31/h9-12,17-19,22,29H,13-16H2,1-8H3,(H,30,33). The Morgan fingerprint density at radius 3 is 2.23 bits per heavy atom. The molecular weight excluding hydrogens is 440 g/mol. The van der Waals surface area contributed by atoms with Crippen LogP contribution in [0.2, 0.25) is 0 Å². The second-order valence-corrected chi connectivity index (χ2v) is 9.80. The Kier molecular flexibility index (Phi) is 9.03. The first-order valence-corrected chi connectivity index (χ1v) is 12.6. The summed E-state index contributed by atoms with van der Waals surface area (Å²) < 4.78 is 12.0. The molecule has 192 valence electrons. The first kappa shape index (κ1) is 26.8. The Morgan fingerprint density at radius 1 is 0.971 bits per heavy atom. The van der Waals surface area contributed by atoms with Gasteiger partial charge in [-0.15, -0.1) is 0 Å². The first-order chi connectivity index (χ1) is 16.6. The molecule has 35 heavy (non-hydrogen) atoms. The monoisotopic (exact) mass is 482 g/mol. The van der Waals surface area contributed by atoms with Gasteiger partial charge >= 0.3 is 6.03 Å². The molecule has 1 heterocycles. The molecule has 1 aliphatic heterocycles. The number of carbonyl (C=O) groups is 1. The molecule has 0 saturated carbocycles. The number of rotatable bonds is 8. The highest BCUT2D eigenvalue weighted by Crippen LogP contribution is 2.37. The van der Waals surface area contributed by atoms with Gasteiger partial charge in [-0.05, 0) is 88.9 Å². The predicted molar refractivity (Wildman–Crippen MR) is 144 cm³/mol. The number of hydrogen-bond acceptors (Lipinski definition) is 5. The third-order valence-electron chi connectivity index (χ3n) is 6.82. The molecule has 2 N–H and O–H groups in total. The number of urea groups is 1. The fourth-order valence-electron chi connectivity index (χ4n) is 4.95. The lowest BCUT2D eigenvalue weighted by Gasteiger charge is -2.36. The SMILES string of the molecule is COc1ccc(-c2ccc(NC(=O)N3CCNCC3)c(C)c2C)cc1OC(C)N(C(C)C)C(C)C. The summed E-state index contributed by atoms with van der Waals surface area (Å²) in [5.74, 6) is 1.43. The van der Waals surface area contributed by atoms with Gasteiger partial charge in [-0.3, -0.25) is 4.90 Å². The van der Waals surface area contributed by atoms with Crippen molar-refractivity contribution in [3.05, 3.63) is 41.5 Å². The highest BCUT2D eigenvalue weighted by molar-refractivity contribution is 5.91. The lowest BCUT2D eigenvalue weighted by atomic mass is 9.95. The van der Waals surface area contributed by atoms with Crippen molar-refractivity contribution in [1.82, 2.24) is 15.1 Å². The minimum absolute atomic E-state index is 0.0456. The van der Waals surface area contributed by atoms with Gasteiger partial charge in [-0.2, -0.15) is 0 Å². The summed E-state index contributed by atoms with van der Waals surface area (Å²) in [7, 11) is 1.67. The van der Waals surface area contributed by atoms with E-state index in [1.807, 2.05) is 17.0 Å². The highest BCUT2D eigenvalue weighted by Gasteiger charge is 2.23. The van der Waals surface area contributed by atoms with E-state index < -0.39 is 0 Å². The van der Waals surface area contributed by atoms with Crippen molar-refractivity contribution < 1.29 is 14.3 Å². The smallest absolute Gasteiger partial charge is 0.321 e. The van der Waals surface area contributed by atoms with Gasteiger partial charge in [0.1, 0.15) is 6.23 Å². The quantitative estimate of drug-likeness (QED) is 0.503. The summed E-state index contributed by atoms with van der Waals surface area (Å²) in [6.45, 7) is 18.1. The number of nitrogens with one attached hydrogen (secondary N) is 2. The van der Waals surface area contributed by atoms with E-state index in [1.54, 1.807) is 7.11 Å². The normalized spacial score (nSPS) is 15.0. The number of ether oxygens (including phenoxy) is 2. The van der Waals surface area contributed by atoms with Crippen LogP contribution in [0, 0.1) is 13.8 Å². The number of benzene rings is 2. The minimum Gasteiger partial charge on any atom is -0.493 e. The largest absolute Gasteiger partial charge is 0.493 e. The second-order valence-electron chi connectivity index (χ2n) is 9.80. The molecule has 2 amide bonds. The van der Waals surface area contributed by atoms with E-state index in [-0.39, 0.29) is 12.3 Å². The van der Waals surface area contributed by atoms with Crippen molar-refractivity contribution in [2.75, 3.05) is 38.6 Å². The maximum atomic E-state index is 12.7. The Bertz CT molecular complexity index is 1010. The van der Waals surface area contributed by atoms with Crippen molar-refractivity contribution in [3.63, 3.8) is 0 Å². The number of hydrogen-bond donors (Lipinski definition) is 2. The number of carbonyl (C=O) groups excluding carboxylic acids is 1. The van der Waals surface area contributed by atoms with Crippen LogP contribution in [-0.2, 0) is 0 Å². The van der Waals surface area contributed by atoms with Crippen molar-refractivity contribution in [3.8, 4) is 22.6 Å². The van der Waals surface area contributed by atoms with Crippen LogP contribution in [-0.4, -0.2) is 67.4 Å². The Hall–Kier alpha value is -2.77. The van der Waals surface area contributed by atoms with Crippen molar-refractivity contribution in [2.24, 2.45) is 0 Å². The third-order valence-corrected chi connectivity index (χ3v) is 6.82. The molecule has 2 aromatic carbocycles. The summed E-state index contributed by atoms with van der Waals surface area (Å²) in [5, 5.41) is 6.38. The van der Waals surface area contributed by atoms with Gasteiger partial charge in [-0.1, -0.05) is 12.1 Å². The van der Waals surface area contributed by atoms with Crippen LogP contribution < -0.4 is 20.1 Å². The topological polar surface area (TPSA) is 66.1 Å². The van der Waals surface area contributed by atoms with E-state index in [0.717, 1.165) is 59.9 Å². The summed E-state index contributed by atoms with van der Waals surface area (Å²) in [6, 6.07) is 10.8. The van der Waals surface area contributed by atoms with Gasteiger partial charge in [0.15, 0.2) is 11.5 Å². The van der Waals surface area contributed by atoms with Crippen LogP contribution >= 0.6 is 0 Å². The third kappa shape index (κ3) is 6.27. The van der Waals surface area contributed by atoms with Crippen LogP contribution in [0.1, 0.15) is 45.7 Å². The van der Waals surface area contributed by atoms with Gasteiger partial charge < -0.3 is 25.0 Å². The Morgan fingerprint density at radius 2 is 1.63 bits per heavy atom. The lowest BCUT2D eigenvalue weighted by molar-refractivity contribution is -0.00691. The predicted octanol–water partition coefficient (Wildman–Crippen LogP) is 5.26. The van der Waals surface area contributed by atoms with Crippen LogP contribution in [0.15, 0.2) is 30.3 Å². The van der Waals surface area contributed by atoms with E-state index in [1.165, 1.54) is 0 Å². The van der Waals surface area contributed by atoms with Gasteiger partial charge in [0, 0.05) is 44.0 Å². The number of amides is 2. The second kappa shape index (κ2) is 11.8. The molecular formula is C28H42N4O3. The van der Waals surface area contributed by atoms with Gasteiger partial charge in [0.25, 0.3) is 0 Å². The zero-order valence-corrected chi connectivity index (χ0v) is 22.6. The molecule has 0 aromatic heterocycles. The number of piperazine rings is 1. The zero-order chi connectivity index (χ0) is 25.7. The molecule has 0 aliphatic carbocycles. The van der Waals surface area contributed by atoms with E-state index in [2.05, 4.69) is 82.2 Å². The maximum absolute atomic E-state index is 12.7. The van der Waals surface area contributed by atoms with E-state index >= 15 is 0 Å². The highest BCUT2D eigenvalue weighted by atomic mass is 16.5. The molecule has 7 nitrogen and oxygen atoms in total. The minimum atomic E-state index is -0.107. The first-order valence-electron chi connectivity index (χ1n) is 12.6. The average Bonchev–Trinajstić information content (AvgIpc) is 2.82. The molecule has 3 rings (SSSR count). The fraction of sp³-hybridized carbons (Fsp3) is 0.536. The molecule has 7 heteroatoms. The lowest BCUT2D eigenvalue weighted by Crippen LogP contribution is -2.48. The van der Waals surface area contributed by atoms with E-state index in [4.69, 9.17) is 9.47 Å². The molecule has 1 atom stereocenters. The van der Waals surface area contributed by atoms with E-state index in [0.29, 0.717) is 17.8 Å².